The Morgan fingerprint density at radius 2 is 1.92 bits per heavy atom. The molecular formula is C11H20O2. The Hall–Kier alpha value is -0.0800. The molecule has 0 bridgehead atoms. The third-order valence-electron chi connectivity index (χ3n) is 3.66. The monoisotopic (exact) mass is 184 g/mol. The van der Waals surface area contributed by atoms with Gasteiger partial charge < -0.3 is 9.84 Å². The summed E-state index contributed by atoms with van der Waals surface area (Å²) < 4.78 is 5.25. The van der Waals surface area contributed by atoms with Gasteiger partial charge in [0.2, 0.25) is 0 Å². The number of aliphatic hydroxyl groups is 1. The Balaban J connectivity index is 1.76. The van der Waals surface area contributed by atoms with Crippen LogP contribution in [0.4, 0.5) is 0 Å². The fourth-order valence-electron chi connectivity index (χ4n) is 2.97. The number of fused-ring (bicyclic) bond motifs is 1. The van der Waals surface area contributed by atoms with E-state index in [1.807, 2.05) is 6.92 Å². The molecule has 2 saturated carbocycles. The predicted molar refractivity (Wildman–Crippen MR) is 51.4 cm³/mol. The molecule has 3 unspecified atom stereocenters. The van der Waals surface area contributed by atoms with E-state index < -0.39 is 0 Å². The van der Waals surface area contributed by atoms with Gasteiger partial charge in [0.25, 0.3) is 0 Å². The lowest BCUT2D eigenvalue weighted by Gasteiger charge is -2.09. The maximum absolute atomic E-state index is 9.83. The molecule has 76 valence electrons. The summed E-state index contributed by atoms with van der Waals surface area (Å²) in [5.41, 5.74) is 0. The number of rotatable bonds is 4. The van der Waals surface area contributed by atoms with Crippen LogP contribution in [-0.2, 0) is 4.74 Å². The van der Waals surface area contributed by atoms with Crippen molar-refractivity contribution < 1.29 is 9.84 Å². The molecule has 0 aromatic heterocycles. The molecule has 3 atom stereocenters. The van der Waals surface area contributed by atoms with Crippen molar-refractivity contribution in [2.24, 2.45) is 17.8 Å². The lowest BCUT2D eigenvalue weighted by molar-refractivity contribution is 0.0256. The van der Waals surface area contributed by atoms with Crippen molar-refractivity contribution in [3.63, 3.8) is 0 Å². The molecule has 0 radical (unpaired) electrons. The van der Waals surface area contributed by atoms with Crippen LogP contribution in [0.5, 0.6) is 0 Å². The first kappa shape index (κ1) is 9.47. The van der Waals surface area contributed by atoms with E-state index in [0.717, 1.165) is 18.4 Å². The summed E-state index contributed by atoms with van der Waals surface area (Å²) in [5.74, 6) is 2.25. The molecular weight excluding hydrogens is 164 g/mol. The largest absolute Gasteiger partial charge is 0.390 e. The highest BCUT2D eigenvalue weighted by Crippen LogP contribution is 2.56. The van der Waals surface area contributed by atoms with Crippen molar-refractivity contribution in [3.05, 3.63) is 0 Å². The zero-order valence-corrected chi connectivity index (χ0v) is 8.41. The van der Waals surface area contributed by atoms with Crippen LogP contribution in [0.25, 0.3) is 0 Å². The number of aliphatic hydroxyl groups excluding tert-OH is 1. The number of hydrogen-bond acceptors (Lipinski definition) is 2. The number of hydrogen-bond donors (Lipinski definition) is 1. The summed E-state index contributed by atoms with van der Waals surface area (Å²) in [6.07, 6.45) is 5.25. The SMILES string of the molecule is CCOCC(O)C1C2CCCCC21. The molecule has 0 saturated heterocycles. The van der Waals surface area contributed by atoms with Crippen LogP contribution in [0.15, 0.2) is 0 Å². The third kappa shape index (κ3) is 1.89. The first-order valence-electron chi connectivity index (χ1n) is 5.60. The van der Waals surface area contributed by atoms with Crippen LogP contribution < -0.4 is 0 Å². The van der Waals surface area contributed by atoms with Gasteiger partial charge in [-0.05, 0) is 37.5 Å². The quantitative estimate of drug-likeness (QED) is 0.722. The average Bonchev–Trinajstić information content (AvgIpc) is 2.88. The summed E-state index contributed by atoms with van der Waals surface area (Å²) in [4.78, 5) is 0. The highest BCUT2D eigenvalue weighted by Gasteiger charge is 2.53. The van der Waals surface area contributed by atoms with E-state index in [0.29, 0.717) is 12.5 Å². The first-order valence-corrected chi connectivity index (χ1v) is 5.60. The zero-order valence-electron chi connectivity index (χ0n) is 8.41. The first-order chi connectivity index (χ1) is 6.34. The topological polar surface area (TPSA) is 29.5 Å². The zero-order chi connectivity index (χ0) is 9.26. The normalized spacial score (nSPS) is 39.7. The Bertz CT molecular complexity index is 157. The van der Waals surface area contributed by atoms with Crippen LogP contribution in [0.2, 0.25) is 0 Å². The number of ether oxygens (including phenoxy) is 1. The molecule has 2 nitrogen and oxygen atoms in total. The van der Waals surface area contributed by atoms with Crippen molar-refractivity contribution in [1.29, 1.82) is 0 Å². The molecule has 2 aliphatic rings. The van der Waals surface area contributed by atoms with Crippen LogP contribution in [0.1, 0.15) is 32.6 Å². The molecule has 0 aromatic carbocycles. The van der Waals surface area contributed by atoms with Crippen LogP contribution in [0, 0.1) is 17.8 Å². The Morgan fingerprint density at radius 1 is 1.31 bits per heavy atom. The van der Waals surface area contributed by atoms with E-state index in [1.54, 1.807) is 0 Å². The highest BCUT2D eigenvalue weighted by molar-refractivity contribution is 5.02. The van der Waals surface area contributed by atoms with Gasteiger partial charge in [0.05, 0.1) is 12.7 Å². The molecule has 2 fully saturated rings. The molecule has 0 aromatic rings. The van der Waals surface area contributed by atoms with Gasteiger partial charge in [-0.25, -0.2) is 0 Å². The van der Waals surface area contributed by atoms with E-state index >= 15 is 0 Å². The average molecular weight is 184 g/mol. The summed E-state index contributed by atoms with van der Waals surface area (Å²) in [7, 11) is 0. The molecule has 13 heavy (non-hydrogen) atoms. The molecule has 2 aliphatic carbocycles. The summed E-state index contributed by atoms with van der Waals surface area (Å²) in [5, 5.41) is 9.83. The Labute approximate surface area is 80.3 Å². The molecule has 2 rings (SSSR count). The van der Waals surface area contributed by atoms with Crippen molar-refractivity contribution in [2.45, 2.75) is 38.7 Å². The van der Waals surface area contributed by atoms with Gasteiger partial charge in [0, 0.05) is 6.61 Å². The lowest BCUT2D eigenvalue weighted by atomic mass is 10.0. The van der Waals surface area contributed by atoms with E-state index in [2.05, 4.69) is 0 Å². The van der Waals surface area contributed by atoms with Crippen molar-refractivity contribution in [3.8, 4) is 0 Å². The summed E-state index contributed by atoms with van der Waals surface area (Å²) in [6.45, 7) is 3.25. The third-order valence-corrected chi connectivity index (χ3v) is 3.66. The van der Waals surface area contributed by atoms with Gasteiger partial charge in [-0.1, -0.05) is 12.8 Å². The minimum absolute atomic E-state index is 0.187. The van der Waals surface area contributed by atoms with Gasteiger partial charge in [0.1, 0.15) is 0 Å². The van der Waals surface area contributed by atoms with Crippen molar-refractivity contribution in [1.82, 2.24) is 0 Å². The predicted octanol–water partition coefficient (Wildman–Crippen LogP) is 1.82. The van der Waals surface area contributed by atoms with Gasteiger partial charge in [-0.15, -0.1) is 0 Å². The summed E-state index contributed by atoms with van der Waals surface area (Å²) >= 11 is 0. The van der Waals surface area contributed by atoms with Gasteiger partial charge in [-0.3, -0.25) is 0 Å². The van der Waals surface area contributed by atoms with Crippen LogP contribution in [-0.4, -0.2) is 24.4 Å². The van der Waals surface area contributed by atoms with Crippen LogP contribution >= 0.6 is 0 Å². The highest BCUT2D eigenvalue weighted by atomic mass is 16.5. The molecule has 0 amide bonds. The van der Waals surface area contributed by atoms with Gasteiger partial charge in [-0.2, -0.15) is 0 Å². The molecule has 0 aliphatic heterocycles. The molecule has 1 N–H and O–H groups in total. The van der Waals surface area contributed by atoms with Crippen molar-refractivity contribution in [2.75, 3.05) is 13.2 Å². The Morgan fingerprint density at radius 3 is 2.46 bits per heavy atom. The van der Waals surface area contributed by atoms with Crippen LogP contribution in [0.3, 0.4) is 0 Å². The summed E-state index contributed by atoms with van der Waals surface area (Å²) in [6, 6.07) is 0. The fourth-order valence-corrected chi connectivity index (χ4v) is 2.97. The molecule has 0 heterocycles. The second kappa shape index (κ2) is 3.97. The van der Waals surface area contributed by atoms with E-state index in [-0.39, 0.29) is 6.10 Å². The standard InChI is InChI=1S/C11H20O2/c1-2-13-7-10(12)11-8-5-3-4-6-9(8)11/h8-12H,2-7H2,1H3. The van der Waals surface area contributed by atoms with E-state index in [9.17, 15) is 5.11 Å². The minimum Gasteiger partial charge on any atom is -0.390 e. The van der Waals surface area contributed by atoms with Gasteiger partial charge in [0.15, 0.2) is 0 Å². The smallest absolute Gasteiger partial charge is 0.0807 e. The minimum atomic E-state index is -0.187. The molecule has 0 spiro atoms. The second-order valence-corrected chi connectivity index (χ2v) is 4.42. The van der Waals surface area contributed by atoms with E-state index in [1.165, 1.54) is 25.7 Å². The lowest BCUT2D eigenvalue weighted by Crippen LogP contribution is -2.19. The fraction of sp³-hybridized carbons (Fsp3) is 1.00. The second-order valence-electron chi connectivity index (χ2n) is 4.42. The molecule has 2 heteroatoms. The van der Waals surface area contributed by atoms with Crippen molar-refractivity contribution >= 4 is 0 Å². The van der Waals surface area contributed by atoms with E-state index in [4.69, 9.17) is 4.74 Å². The van der Waals surface area contributed by atoms with Gasteiger partial charge >= 0.3 is 0 Å². The Kier molecular flexibility index (Phi) is 2.89. The maximum atomic E-state index is 9.83. The maximum Gasteiger partial charge on any atom is 0.0807 e.